The second-order valence-electron chi connectivity index (χ2n) is 3.72. The Balaban J connectivity index is 2.96. The lowest BCUT2D eigenvalue weighted by atomic mass is 9.86. The maximum atomic E-state index is 4.15. The van der Waals surface area contributed by atoms with Crippen molar-refractivity contribution in [3.63, 3.8) is 0 Å². The van der Waals surface area contributed by atoms with Crippen LogP contribution in [-0.2, 0) is 12.5 Å². The molecule has 0 fully saturated rings. The van der Waals surface area contributed by atoms with Gasteiger partial charge in [0.1, 0.15) is 0 Å². The summed E-state index contributed by atoms with van der Waals surface area (Å²) in [6, 6.07) is 2.06. The minimum absolute atomic E-state index is 0.146. The van der Waals surface area contributed by atoms with Gasteiger partial charge in [0.2, 0.25) is 0 Å². The molecule has 0 aliphatic carbocycles. The average Bonchev–Trinajstić information content (AvgIpc) is 2.35. The van der Waals surface area contributed by atoms with Gasteiger partial charge in [0, 0.05) is 24.4 Å². The zero-order valence-electron chi connectivity index (χ0n) is 8.04. The van der Waals surface area contributed by atoms with Crippen LogP contribution in [0.4, 0.5) is 0 Å². The number of aryl methyl sites for hydroxylation is 1. The van der Waals surface area contributed by atoms with E-state index >= 15 is 0 Å². The minimum Gasteiger partial charge on any atom is -0.272 e. The maximum absolute atomic E-state index is 4.15. The number of hydrogen-bond donors (Lipinski definition) is 0. The molecule has 0 aliphatic rings. The quantitative estimate of drug-likeness (QED) is 0.627. The summed E-state index contributed by atoms with van der Waals surface area (Å²) >= 11 is 0. The third kappa shape index (κ3) is 1.58. The van der Waals surface area contributed by atoms with Crippen molar-refractivity contribution in [1.82, 2.24) is 9.78 Å². The normalized spacial score (nSPS) is 11.6. The first-order valence-electron chi connectivity index (χ1n) is 4.17. The van der Waals surface area contributed by atoms with E-state index in [2.05, 4.69) is 31.6 Å². The summed E-state index contributed by atoms with van der Waals surface area (Å²) in [5.74, 6) is 0. The summed E-state index contributed by atoms with van der Waals surface area (Å²) < 4.78 is 1.92. The van der Waals surface area contributed by atoms with E-state index in [1.54, 1.807) is 0 Å². The lowest BCUT2D eigenvalue weighted by Crippen LogP contribution is -2.20. The summed E-state index contributed by atoms with van der Waals surface area (Å²) in [5.41, 5.74) is 1.40. The fraction of sp³-hybridized carbons (Fsp3) is 0.500. The Kier molecular flexibility index (Phi) is 2.36. The van der Waals surface area contributed by atoms with E-state index in [0.717, 1.165) is 6.42 Å². The highest BCUT2D eigenvalue weighted by molar-refractivity contribution is 5.14. The van der Waals surface area contributed by atoms with Crippen molar-refractivity contribution in [3.05, 3.63) is 30.6 Å². The van der Waals surface area contributed by atoms with Crippen LogP contribution in [-0.4, -0.2) is 9.78 Å². The van der Waals surface area contributed by atoms with Gasteiger partial charge in [0.05, 0.1) is 0 Å². The summed E-state index contributed by atoms with van der Waals surface area (Å²) in [6.45, 7) is 8.16. The van der Waals surface area contributed by atoms with Gasteiger partial charge in [-0.2, -0.15) is 5.10 Å². The highest BCUT2D eigenvalue weighted by Gasteiger charge is 2.21. The van der Waals surface area contributed by atoms with Gasteiger partial charge >= 0.3 is 0 Å². The molecule has 0 saturated carbocycles. The van der Waals surface area contributed by atoms with E-state index < -0.39 is 0 Å². The first kappa shape index (κ1) is 9.04. The molecule has 1 aromatic heterocycles. The van der Waals surface area contributed by atoms with Crippen molar-refractivity contribution in [3.8, 4) is 0 Å². The zero-order chi connectivity index (χ0) is 9.19. The Morgan fingerprint density at radius 1 is 1.67 bits per heavy atom. The number of allylic oxidation sites excluding steroid dienone is 1. The van der Waals surface area contributed by atoms with E-state index in [0.29, 0.717) is 0 Å². The van der Waals surface area contributed by atoms with E-state index in [1.165, 1.54) is 5.69 Å². The van der Waals surface area contributed by atoms with Crippen LogP contribution in [0, 0.1) is 0 Å². The fourth-order valence-electron chi connectivity index (χ4n) is 1.50. The molecule has 0 aromatic carbocycles. The van der Waals surface area contributed by atoms with Crippen LogP contribution in [0.1, 0.15) is 26.0 Å². The van der Waals surface area contributed by atoms with Crippen LogP contribution >= 0.6 is 0 Å². The highest BCUT2D eigenvalue weighted by Crippen LogP contribution is 2.26. The first-order valence-corrected chi connectivity index (χ1v) is 4.17. The smallest absolute Gasteiger partial charge is 0.0492 e. The van der Waals surface area contributed by atoms with Crippen molar-refractivity contribution < 1.29 is 0 Å². The largest absolute Gasteiger partial charge is 0.272 e. The van der Waals surface area contributed by atoms with Gasteiger partial charge < -0.3 is 0 Å². The highest BCUT2D eigenvalue weighted by atomic mass is 15.3. The van der Waals surface area contributed by atoms with Gasteiger partial charge in [0.15, 0.2) is 0 Å². The standard InChI is InChI=1S/C10H16N2/c1-5-7-10(2,3)9-6-8-11-12(9)4/h5-6,8H,1,7H2,2-4H3. The number of hydrogen-bond acceptors (Lipinski definition) is 1. The van der Waals surface area contributed by atoms with Crippen LogP contribution in [0.3, 0.4) is 0 Å². The Bertz CT molecular complexity index is 271. The minimum atomic E-state index is 0.146. The summed E-state index contributed by atoms with van der Waals surface area (Å²) in [4.78, 5) is 0. The van der Waals surface area contributed by atoms with Gasteiger partial charge in [-0.25, -0.2) is 0 Å². The molecule has 66 valence electrons. The summed E-state index contributed by atoms with van der Waals surface area (Å²) in [5, 5.41) is 4.15. The molecule has 2 heteroatoms. The molecular weight excluding hydrogens is 148 g/mol. The number of nitrogens with zero attached hydrogens (tertiary/aromatic N) is 2. The van der Waals surface area contributed by atoms with E-state index in [4.69, 9.17) is 0 Å². The maximum Gasteiger partial charge on any atom is 0.0492 e. The third-order valence-electron chi connectivity index (χ3n) is 2.17. The molecule has 0 amide bonds. The van der Waals surface area contributed by atoms with Crippen LogP contribution in [0.25, 0.3) is 0 Å². The first-order chi connectivity index (χ1) is 5.58. The number of rotatable bonds is 3. The monoisotopic (exact) mass is 164 g/mol. The van der Waals surface area contributed by atoms with Crippen molar-refractivity contribution in [2.45, 2.75) is 25.7 Å². The lowest BCUT2D eigenvalue weighted by Gasteiger charge is -2.22. The molecule has 1 rings (SSSR count). The van der Waals surface area contributed by atoms with E-state index in [9.17, 15) is 0 Å². The molecule has 0 bridgehead atoms. The molecule has 1 heterocycles. The third-order valence-corrected chi connectivity index (χ3v) is 2.17. The van der Waals surface area contributed by atoms with Crippen molar-refractivity contribution in [2.24, 2.45) is 7.05 Å². The molecule has 0 N–H and O–H groups in total. The van der Waals surface area contributed by atoms with Gasteiger partial charge in [-0.1, -0.05) is 19.9 Å². The molecule has 0 unspecified atom stereocenters. The fourth-order valence-corrected chi connectivity index (χ4v) is 1.50. The molecule has 12 heavy (non-hydrogen) atoms. The topological polar surface area (TPSA) is 17.8 Å². The van der Waals surface area contributed by atoms with Crippen LogP contribution < -0.4 is 0 Å². The predicted octanol–water partition coefficient (Wildman–Crippen LogP) is 2.27. The molecule has 0 spiro atoms. The van der Waals surface area contributed by atoms with Gasteiger partial charge in [0.25, 0.3) is 0 Å². The average molecular weight is 164 g/mol. The SMILES string of the molecule is C=CCC(C)(C)c1ccnn1C. The zero-order valence-corrected chi connectivity index (χ0v) is 8.04. The predicted molar refractivity (Wildman–Crippen MR) is 51.0 cm³/mol. The number of aromatic nitrogens is 2. The van der Waals surface area contributed by atoms with Crippen LogP contribution in [0.2, 0.25) is 0 Å². The Morgan fingerprint density at radius 2 is 2.33 bits per heavy atom. The van der Waals surface area contributed by atoms with Crippen molar-refractivity contribution in [2.75, 3.05) is 0 Å². The van der Waals surface area contributed by atoms with Gasteiger partial charge in [-0.3, -0.25) is 4.68 Å². The Labute approximate surface area is 73.9 Å². The Hall–Kier alpha value is -1.05. The van der Waals surface area contributed by atoms with Gasteiger partial charge in [-0.05, 0) is 12.5 Å². The van der Waals surface area contributed by atoms with E-state index in [1.807, 2.05) is 24.0 Å². The van der Waals surface area contributed by atoms with Crippen molar-refractivity contribution >= 4 is 0 Å². The Morgan fingerprint density at radius 3 is 2.75 bits per heavy atom. The van der Waals surface area contributed by atoms with Gasteiger partial charge in [-0.15, -0.1) is 6.58 Å². The van der Waals surface area contributed by atoms with E-state index in [-0.39, 0.29) is 5.41 Å². The van der Waals surface area contributed by atoms with Crippen LogP contribution in [0.15, 0.2) is 24.9 Å². The molecule has 0 aliphatic heterocycles. The molecule has 0 atom stereocenters. The second kappa shape index (κ2) is 3.13. The molecule has 0 saturated heterocycles. The van der Waals surface area contributed by atoms with Crippen LogP contribution in [0.5, 0.6) is 0 Å². The summed E-state index contributed by atoms with van der Waals surface area (Å²) in [6.07, 6.45) is 4.76. The molecule has 2 nitrogen and oxygen atoms in total. The molecule has 0 radical (unpaired) electrons. The molecule has 1 aromatic rings. The van der Waals surface area contributed by atoms with Crippen molar-refractivity contribution in [1.29, 1.82) is 0 Å². The lowest BCUT2D eigenvalue weighted by molar-refractivity contribution is 0.482. The second-order valence-corrected chi connectivity index (χ2v) is 3.72. The summed E-state index contributed by atoms with van der Waals surface area (Å²) in [7, 11) is 1.97. The molecular formula is C10H16N2.